The molecule has 3 N–H and O–H groups in total. The molecule has 0 radical (unpaired) electrons. The lowest BCUT2D eigenvalue weighted by molar-refractivity contribution is 0.0995. The molecule has 0 aliphatic heterocycles. The standard InChI is InChI=1S/C10H13N3O4S/c1-18(15,16)13-10-8(17-6-2-3-6)5-4-7(12-10)9(11)14/h4-6H,2-3H2,1H3,(H2,11,14)(H,12,13). The van der Waals surface area contributed by atoms with Crippen molar-refractivity contribution in [2.75, 3.05) is 11.0 Å². The zero-order valence-electron chi connectivity index (χ0n) is 9.71. The third-order valence-corrected chi connectivity index (χ3v) is 2.77. The molecule has 0 aromatic carbocycles. The van der Waals surface area contributed by atoms with Gasteiger partial charge in [-0.05, 0) is 25.0 Å². The number of hydrogen-bond acceptors (Lipinski definition) is 5. The van der Waals surface area contributed by atoms with Crippen molar-refractivity contribution in [1.82, 2.24) is 4.98 Å². The Balaban J connectivity index is 2.35. The van der Waals surface area contributed by atoms with Crippen molar-refractivity contribution in [3.63, 3.8) is 0 Å². The second-order valence-electron chi connectivity index (χ2n) is 4.10. The van der Waals surface area contributed by atoms with E-state index in [-0.39, 0.29) is 17.6 Å². The second-order valence-corrected chi connectivity index (χ2v) is 5.85. The van der Waals surface area contributed by atoms with E-state index in [0.717, 1.165) is 19.1 Å². The summed E-state index contributed by atoms with van der Waals surface area (Å²) in [6.07, 6.45) is 2.93. The fourth-order valence-electron chi connectivity index (χ4n) is 1.29. The van der Waals surface area contributed by atoms with Crippen LogP contribution in [0.25, 0.3) is 0 Å². The summed E-state index contributed by atoms with van der Waals surface area (Å²) in [5, 5.41) is 0. The zero-order valence-corrected chi connectivity index (χ0v) is 10.5. The van der Waals surface area contributed by atoms with Gasteiger partial charge in [0.15, 0.2) is 11.6 Å². The Hall–Kier alpha value is -1.83. The van der Waals surface area contributed by atoms with Gasteiger partial charge < -0.3 is 10.5 Å². The third-order valence-electron chi connectivity index (χ3n) is 2.21. The quantitative estimate of drug-likeness (QED) is 0.788. The highest BCUT2D eigenvalue weighted by atomic mass is 32.2. The van der Waals surface area contributed by atoms with Gasteiger partial charge in [-0.15, -0.1) is 0 Å². The van der Waals surface area contributed by atoms with Gasteiger partial charge in [-0.25, -0.2) is 13.4 Å². The predicted molar refractivity (Wildman–Crippen MR) is 64.9 cm³/mol. The average Bonchev–Trinajstić information content (AvgIpc) is 3.02. The van der Waals surface area contributed by atoms with E-state index in [4.69, 9.17) is 10.5 Å². The number of ether oxygens (including phenoxy) is 1. The molecule has 0 unspecified atom stereocenters. The molecule has 1 saturated carbocycles. The third kappa shape index (κ3) is 3.33. The molecule has 1 aliphatic rings. The molecule has 1 fully saturated rings. The fourth-order valence-corrected chi connectivity index (χ4v) is 1.79. The Kier molecular flexibility index (Phi) is 3.12. The summed E-state index contributed by atoms with van der Waals surface area (Å²) in [4.78, 5) is 14.9. The first-order valence-electron chi connectivity index (χ1n) is 5.30. The summed E-state index contributed by atoms with van der Waals surface area (Å²) >= 11 is 0. The predicted octanol–water partition coefficient (Wildman–Crippen LogP) is 0.0932. The van der Waals surface area contributed by atoms with Crippen molar-refractivity contribution >= 4 is 21.7 Å². The van der Waals surface area contributed by atoms with Crippen LogP contribution in [0.5, 0.6) is 5.75 Å². The molecule has 8 heteroatoms. The molecule has 0 bridgehead atoms. The number of sulfonamides is 1. The largest absolute Gasteiger partial charge is 0.487 e. The molecule has 18 heavy (non-hydrogen) atoms. The first-order valence-corrected chi connectivity index (χ1v) is 7.19. The number of primary amides is 1. The van der Waals surface area contributed by atoms with Crippen LogP contribution in [0.3, 0.4) is 0 Å². The van der Waals surface area contributed by atoms with Crippen LogP contribution in [0, 0.1) is 0 Å². The fraction of sp³-hybridized carbons (Fsp3) is 0.400. The number of nitrogens with zero attached hydrogens (tertiary/aromatic N) is 1. The lowest BCUT2D eigenvalue weighted by atomic mass is 10.3. The molecule has 1 heterocycles. The van der Waals surface area contributed by atoms with Crippen LogP contribution in [0.1, 0.15) is 23.3 Å². The molecule has 2 rings (SSSR count). The SMILES string of the molecule is CS(=O)(=O)Nc1nc(C(N)=O)ccc1OC1CC1. The van der Waals surface area contributed by atoms with Crippen LogP contribution in [-0.2, 0) is 10.0 Å². The maximum absolute atomic E-state index is 11.2. The minimum Gasteiger partial charge on any atom is -0.487 e. The minimum absolute atomic E-state index is 0.0132. The minimum atomic E-state index is -3.50. The van der Waals surface area contributed by atoms with Gasteiger partial charge in [0.2, 0.25) is 10.0 Å². The van der Waals surface area contributed by atoms with E-state index in [1.807, 2.05) is 0 Å². The number of amides is 1. The van der Waals surface area contributed by atoms with Gasteiger partial charge in [-0.3, -0.25) is 9.52 Å². The van der Waals surface area contributed by atoms with Crippen LogP contribution >= 0.6 is 0 Å². The van der Waals surface area contributed by atoms with Crippen LogP contribution in [0.2, 0.25) is 0 Å². The van der Waals surface area contributed by atoms with E-state index < -0.39 is 15.9 Å². The average molecular weight is 271 g/mol. The van der Waals surface area contributed by atoms with Crippen LogP contribution in [0.15, 0.2) is 12.1 Å². The van der Waals surface area contributed by atoms with Crippen molar-refractivity contribution in [3.05, 3.63) is 17.8 Å². The van der Waals surface area contributed by atoms with E-state index in [1.165, 1.54) is 12.1 Å². The van der Waals surface area contributed by atoms with Crippen LogP contribution in [-0.4, -0.2) is 31.7 Å². The lowest BCUT2D eigenvalue weighted by Crippen LogP contribution is -2.17. The molecule has 1 aromatic heterocycles. The summed E-state index contributed by atoms with van der Waals surface area (Å²) < 4.78 is 30.1. The van der Waals surface area contributed by atoms with Crippen LogP contribution in [0.4, 0.5) is 5.82 Å². The number of aromatic nitrogens is 1. The van der Waals surface area contributed by atoms with Gasteiger partial charge in [-0.2, -0.15) is 0 Å². The van der Waals surface area contributed by atoms with Gasteiger partial charge in [0.1, 0.15) is 5.69 Å². The Morgan fingerprint density at radius 2 is 2.17 bits per heavy atom. The van der Waals surface area contributed by atoms with Gasteiger partial charge >= 0.3 is 0 Å². The second kappa shape index (κ2) is 4.45. The zero-order chi connectivity index (χ0) is 13.3. The van der Waals surface area contributed by atoms with E-state index in [2.05, 4.69) is 9.71 Å². The molecule has 98 valence electrons. The smallest absolute Gasteiger partial charge is 0.267 e. The molecule has 0 spiro atoms. The molecular weight excluding hydrogens is 258 g/mol. The van der Waals surface area contributed by atoms with E-state index in [9.17, 15) is 13.2 Å². The van der Waals surface area contributed by atoms with Crippen molar-refractivity contribution in [3.8, 4) is 5.75 Å². The number of hydrogen-bond donors (Lipinski definition) is 2. The molecular formula is C10H13N3O4S. The highest BCUT2D eigenvalue weighted by Crippen LogP contribution is 2.31. The van der Waals surface area contributed by atoms with E-state index in [1.54, 1.807) is 0 Å². The number of carbonyl (C=O) groups excluding carboxylic acids is 1. The maximum atomic E-state index is 11.2. The summed E-state index contributed by atoms with van der Waals surface area (Å²) in [5.74, 6) is -0.446. The number of pyridine rings is 1. The summed E-state index contributed by atoms with van der Waals surface area (Å²) in [6.45, 7) is 0. The first-order chi connectivity index (χ1) is 8.35. The van der Waals surface area contributed by atoms with Gasteiger partial charge in [-0.1, -0.05) is 0 Å². The summed E-state index contributed by atoms with van der Waals surface area (Å²) in [7, 11) is -3.50. The van der Waals surface area contributed by atoms with E-state index >= 15 is 0 Å². The number of rotatable bonds is 5. The lowest BCUT2D eigenvalue weighted by Gasteiger charge is -2.11. The first kappa shape index (κ1) is 12.6. The number of anilines is 1. The van der Waals surface area contributed by atoms with Crippen molar-refractivity contribution in [1.29, 1.82) is 0 Å². The van der Waals surface area contributed by atoms with E-state index in [0.29, 0.717) is 5.75 Å². The highest BCUT2D eigenvalue weighted by molar-refractivity contribution is 7.92. The van der Waals surface area contributed by atoms with Crippen molar-refractivity contribution in [2.45, 2.75) is 18.9 Å². The number of nitrogens with two attached hydrogens (primary N) is 1. The summed E-state index contributed by atoms with van der Waals surface area (Å²) in [6, 6.07) is 2.88. The van der Waals surface area contributed by atoms with Gasteiger partial charge in [0.05, 0.1) is 12.4 Å². The van der Waals surface area contributed by atoms with Gasteiger partial charge in [0.25, 0.3) is 5.91 Å². The number of carbonyl (C=O) groups is 1. The summed E-state index contributed by atoms with van der Waals surface area (Å²) in [5.41, 5.74) is 5.07. The Morgan fingerprint density at radius 3 is 2.67 bits per heavy atom. The molecule has 0 atom stereocenters. The Bertz CT molecular complexity index is 581. The Morgan fingerprint density at radius 1 is 1.50 bits per heavy atom. The number of nitrogens with one attached hydrogen (secondary N) is 1. The monoisotopic (exact) mass is 271 g/mol. The Labute approximate surface area is 104 Å². The van der Waals surface area contributed by atoms with Crippen molar-refractivity contribution in [2.24, 2.45) is 5.73 Å². The van der Waals surface area contributed by atoms with Crippen molar-refractivity contribution < 1.29 is 17.9 Å². The normalized spacial score (nSPS) is 15.2. The van der Waals surface area contributed by atoms with Crippen LogP contribution < -0.4 is 15.2 Å². The maximum Gasteiger partial charge on any atom is 0.267 e. The molecule has 1 aromatic rings. The van der Waals surface area contributed by atoms with Gasteiger partial charge in [0, 0.05) is 0 Å². The molecule has 1 aliphatic carbocycles. The highest BCUT2D eigenvalue weighted by Gasteiger charge is 2.25. The molecule has 0 saturated heterocycles. The molecule has 1 amide bonds. The molecule has 7 nitrogen and oxygen atoms in total. The topological polar surface area (TPSA) is 111 Å².